The van der Waals surface area contributed by atoms with Gasteiger partial charge in [-0.25, -0.2) is 9.21 Å². The molecule has 23 nitrogen and oxygen atoms in total. The summed E-state index contributed by atoms with van der Waals surface area (Å²) >= 11 is 0. The third-order valence-electron chi connectivity index (χ3n) is 11.3. The molecule has 3 aromatic carbocycles. The lowest BCUT2D eigenvalue weighted by molar-refractivity contribution is -0.319. The van der Waals surface area contributed by atoms with Crippen LogP contribution in [-0.2, 0) is 28.5 Å². The molecule has 364 valence electrons. The third-order valence-corrected chi connectivity index (χ3v) is 11.3. The van der Waals surface area contributed by atoms with Crippen molar-refractivity contribution in [3.63, 3.8) is 0 Å². The lowest BCUT2D eigenvalue weighted by Crippen LogP contribution is -2.62. The van der Waals surface area contributed by atoms with Crippen LogP contribution in [0.2, 0.25) is 0 Å². The Bertz CT molecular complexity index is 2350. The van der Waals surface area contributed by atoms with Gasteiger partial charge in [0.25, 0.3) is 0 Å². The summed E-state index contributed by atoms with van der Waals surface area (Å²) in [5.41, 5.74) is 0.412. The molecule has 12 N–H and O–H groups in total. The molecule has 1 aromatic heterocycles. The molecule has 7 rings (SSSR count). The van der Waals surface area contributed by atoms with Crippen molar-refractivity contribution in [2.75, 3.05) is 27.4 Å². The minimum atomic E-state index is -2.04. The fourth-order valence-corrected chi connectivity index (χ4v) is 7.54. The van der Waals surface area contributed by atoms with Gasteiger partial charge >= 0.3 is 17.3 Å². The Kier molecular flexibility index (Phi) is 15.2. The summed E-state index contributed by atoms with van der Waals surface area (Å²) in [6.07, 6.45) is -23.1. The first-order valence-electron chi connectivity index (χ1n) is 20.7. The molecule has 0 unspecified atom stereocenters. The fourth-order valence-electron chi connectivity index (χ4n) is 7.54. The van der Waals surface area contributed by atoms with E-state index in [1.165, 1.54) is 69.7 Å². The molecule has 0 bridgehead atoms. The second-order valence-electron chi connectivity index (χ2n) is 15.8. The molecule has 0 radical (unpaired) electrons. The van der Waals surface area contributed by atoms with E-state index < -0.39 is 123 Å². The molecule has 4 heterocycles. The second-order valence-corrected chi connectivity index (χ2v) is 15.8. The third kappa shape index (κ3) is 10.4. The first kappa shape index (κ1) is 49.3. The Morgan fingerprint density at radius 2 is 1.27 bits per heavy atom. The van der Waals surface area contributed by atoms with Crippen molar-refractivity contribution in [2.24, 2.45) is 0 Å². The molecule has 0 amide bonds. The zero-order chi connectivity index (χ0) is 48.4. The average Bonchev–Trinajstić information content (AvgIpc) is 3.31. The quantitative estimate of drug-likeness (QED) is 0.0409. The van der Waals surface area contributed by atoms with E-state index in [0.717, 1.165) is 18.2 Å². The zero-order valence-electron chi connectivity index (χ0n) is 35.8. The summed E-state index contributed by atoms with van der Waals surface area (Å²) in [6.45, 7) is -0.0491. The molecule has 3 aliphatic rings. The molecule has 3 saturated heterocycles. The number of aromatic hydroxyl groups is 3. The van der Waals surface area contributed by atoms with E-state index in [0.29, 0.717) is 5.56 Å². The Balaban J connectivity index is 1.29. The molecular weight excluding hydrogens is 896 g/mol. The number of fused-ring (bicyclic) bond motifs is 1. The van der Waals surface area contributed by atoms with Gasteiger partial charge in [0.1, 0.15) is 77.6 Å². The largest absolute Gasteiger partial charge is 0.508 e. The number of carbonyl (C=O) groups is 1. The molecule has 0 aliphatic carbocycles. The van der Waals surface area contributed by atoms with E-state index in [9.17, 15) is 66.1 Å². The van der Waals surface area contributed by atoms with Gasteiger partial charge in [-0.2, -0.15) is 0 Å². The molecule has 0 saturated carbocycles. The molecule has 23 heteroatoms. The minimum Gasteiger partial charge on any atom is -0.508 e. The van der Waals surface area contributed by atoms with E-state index in [1.54, 1.807) is 0 Å². The monoisotopic (exact) mass is 947 g/mol. The van der Waals surface area contributed by atoms with Crippen LogP contribution in [0.3, 0.4) is 0 Å². The first-order valence-corrected chi connectivity index (χ1v) is 20.7. The van der Waals surface area contributed by atoms with Crippen molar-refractivity contribution in [3.05, 3.63) is 66.2 Å². The molecule has 0 spiro atoms. The van der Waals surface area contributed by atoms with Crippen LogP contribution in [0.5, 0.6) is 40.2 Å². The topological polar surface area (TPSA) is 354 Å². The van der Waals surface area contributed by atoms with Crippen LogP contribution in [0, 0.1) is 0 Å². The summed E-state index contributed by atoms with van der Waals surface area (Å²) in [5, 5.41) is 127. The maximum atomic E-state index is 13.3. The summed E-state index contributed by atoms with van der Waals surface area (Å²) in [7, 11) is 2.52. The van der Waals surface area contributed by atoms with Crippen LogP contribution >= 0.6 is 0 Å². The molecule has 67 heavy (non-hydrogen) atoms. The van der Waals surface area contributed by atoms with Gasteiger partial charge in [0.15, 0.2) is 30.0 Å². The highest BCUT2D eigenvalue weighted by Gasteiger charge is 2.51. The van der Waals surface area contributed by atoms with Gasteiger partial charge in [-0.3, -0.25) is 0 Å². The number of rotatable bonds is 14. The highest BCUT2D eigenvalue weighted by Crippen LogP contribution is 2.46. The van der Waals surface area contributed by atoms with Crippen molar-refractivity contribution >= 4 is 23.0 Å². The normalized spacial score (nSPS) is 32.2. The summed E-state index contributed by atoms with van der Waals surface area (Å²) in [4.78, 5) is 13.3. The summed E-state index contributed by atoms with van der Waals surface area (Å²) in [5.74, 6) is -3.01. The van der Waals surface area contributed by atoms with Gasteiger partial charge in [-0.1, -0.05) is 12.1 Å². The lowest BCUT2D eigenvalue weighted by Gasteiger charge is -2.43. The number of hydrogen-bond donors (Lipinski definition) is 12. The van der Waals surface area contributed by atoms with Crippen molar-refractivity contribution in [1.82, 2.24) is 0 Å². The summed E-state index contributed by atoms with van der Waals surface area (Å²) in [6, 6.07) is 11.9. The van der Waals surface area contributed by atoms with E-state index in [1.807, 2.05) is 0 Å². The van der Waals surface area contributed by atoms with Crippen molar-refractivity contribution in [3.8, 4) is 51.6 Å². The first-order chi connectivity index (χ1) is 31.9. The summed E-state index contributed by atoms with van der Waals surface area (Å²) < 4.78 is 57.6. The molecular formula is C44H51O23+. The van der Waals surface area contributed by atoms with Gasteiger partial charge in [0.2, 0.25) is 24.1 Å². The minimum absolute atomic E-state index is 0.0273. The highest BCUT2D eigenvalue weighted by molar-refractivity contribution is 5.89. The SMILES string of the molecule is COc1cc(-c2[o+]c3cc(O)cc(O[C@@H]4O[C@H](CO)[C@@H](O)[C@H](O)[C@H]4O)c3cc2O[C@@H]2O[C@H](CO[C@@H]3O[C@@H](C)[C@H](O)[C@@H](O)[C@H]3O)[C@@H](O)[C@H](OC(=O)C=Cc3ccc(O)cc3)[C@H]2O)cc(OC)c1O. The number of benzene rings is 3. The van der Waals surface area contributed by atoms with E-state index >= 15 is 0 Å². The van der Waals surface area contributed by atoms with Crippen LogP contribution in [0.1, 0.15) is 12.5 Å². The Morgan fingerprint density at radius 1 is 0.657 bits per heavy atom. The predicted octanol–water partition coefficient (Wildman–Crippen LogP) is -1.01. The fraction of sp³-hybridized carbons (Fsp3) is 0.455. The standard InChI is InChI=1S/C44H50O23/c1-17-31(49)35(53)37(55)42(61-17)60-16-29-34(52)41(67-30(48)9-6-18-4-7-20(46)8-5-18)39(57)44(66-29)64-27-14-22-23(62-40(27)19-10-25(58-2)32(50)26(11-19)59-3)12-21(47)13-24(22)63-43-38(56)36(54)33(51)28(15-45)65-43/h4-14,17,28-29,31,33-39,41-45,49,51-57H,15-16H2,1-3H3,(H2-,46,47,48,50)/p+1/t17-,28+,29+,31-,33+,34+,35+,36-,37+,38+,39+,41-,42+,43+,44+/m0/s1. The molecule has 15 atom stereocenters. The Labute approximate surface area is 379 Å². The van der Waals surface area contributed by atoms with E-state index in [4.69, 9.17) is 47.0 Å². The maximum absolute atomic E-state index is 13.3. The number of methoxy groups -OCH3 is 2. The number of esters is 1. The molecule has 3 fully saturated rings. The van der Waals surface area contributed by atoms with Crippen LogP contribution < -0.4 is 18.9 Å². The number of aliphatic hydroxyl groups is 9. The second kappa shape index (κ2) is 20.7. The van der Waals surface area contributed by atoms with Crippen LogP contribution in [0.15, 0.2) is 65.1 Å². The van der Waals surface area contributed by atoms with Crippen molar-refractivity contribution in [2.45, 2.75) is 99.0 Å². The van der Waals surface area contributed by atoms with Crippen molar-refractivity contribution < 1.29 is 113 Å². The number of phenolic OH excluding ortho intramolecular Hbond substituents is 3. The molecule has 4 aromatic rings. The predicted molar refractivity (Wildman–Crippen MR) is 224 cm³/mol. The van der Waals surface area contributed by atoms with E-state index in [-0.39, 0.29) is 51.0 Å². The Morgan fingerprint density at radius 3 is 1.93 bits per heavy atom. The van der Waals surface area contributed by atoms with Crippen LogP contribution in [-0.4, -0.2) is 187 Å². The van der Waals surface area contributed by atoms with Crippen LogP contribution in [0.4, 0.5) is 0 Å². The zero-order valence-corrected chi connectivity index (χ0v) is 35.8. The number of hydrogen-bond acceptors (Lipinski definition) is 22. The van der Waals surface area contributed by atoms with E-state index in [2.05, 4.69) is 0 Å². The highest BCUT2D eigenvalue weighted by atomic mass is 16.7. The lowest BCUT2D eigenvalue weighted by atomic mass is 9.98. The number of ether oxygens (including phenoxy) is 9. The molecule has 3 aliphatic heterocycles. The van der Waals surface area contributed by atoms with Gasteiger partial charge in [0.05, 0.1) is 45.2 Å². The number of phenols is 3. The van der Waals surface area contributed by atoms with Gasteiger partial charge in [0, 0.05) is 30.3 Å². The van der Waals surface area contributed by atoms with Gasteiger partial charge < -0.3 is 104 Å². The average molecular weight is 948 g/mol. The Hall–Kier alpha value is -5.64. The number of carbonyl (C=O) groups excluding carboxylic acids is 1. The van der Waals surface area contributed by atoms with Gasteiger partial charge in [-0.15, -0.1) is 0 Å². The van der Waals surface area contributed by atoms with Crippen LogP contribution in [0.25, 0.3) is 28.4 Å². The smallest absolute Gasteiger partial charge is 0.402 e. The maximum Gasteiger partial charge on any atom is 0.402 e. The van der Waals surface area contributed by atoms with Crippen molar-refractivity contribution in [1.29, 1.82) is 0 Å². The number of aliphatic hydroxyl groups excluding tert-OH is 9. The van der Waals surface area contributed by atoms with Gasteiger partial charge in [-0.05, 0) is 30.7 Å².